The maximum absolute atomic E-state index is 11.0. The Morgan fingerprint density at radius 2 is 2.00 bits per heavy atom. The molecular weight excluding hydrogens is 270 g/mol. The van der Waals surface area contributed by atoms with Crippen LogP contribution in [0.5, 0.6) is 11.5 Å². The number of phenols is 1. The van der Waals surface area contributed by atoms with E-state index in [2.05, 4.69) is 4.98 Å². The fourth-order valence-electron chi connectivity index (χ4n) is 2.17. The van der Waals surface area contributed by atoms with Crippen LogP contribution in [0, 0.1) is 0 Å². The minimum Gasteiger partial charge on any atom is -0.504 e. The van der Waals surface area contributed by atoms with Crippen molar-refractivity contribution in [1.29, 1.82) is 0 Å². The third-order valence-electron chi connectivity index (χ3n) is 3.26. The van der Waals surface area contributed by atoms with Gasteiger partial charge >= 0.3 is 5.97 Å². The number of rotatable bonds is 4. The Kier molecular flexibility index (Phi) is 3.23. The summed E-state index contributed by atoms with van der Waals surface area (Å²) in [6.07, 6.45) is 1.77. The van der Waals surface area contributed by atoms with E-state index in [-0.39, 0.29) is 17.9 Å². The van der Waals surface area contributed by atoms with Crippen molar-refractivity contribution in [2.24, 2.45) is 0 Å². The van der Waals surface area contributed by atoms with Crippen LogP contribution in [0.15, 0.2) is 48.7 Å². The molecule has 0 aliphatic rings. The molecule has 1 heterocycles. The molecule has 0 atom stereocenters. The Hall–Kier alpha value is -2.95. The van der Waals surface area contributed by atoms with Gasteiger partial charge in [-0.25, -0.2) is 4.79 Å². The molecule has 5 nitrogen and oxygen atoms in total. The van der Waals surface area contributed by atoms with E-state index in [4.69, 9.17) is 9.84 Å². The second-order valence-corrected chi connectivity index (χ2v) is 4.64. The topological polar surface area (TPSA) is 82.5 Å². The number of fused-ring (bicyclic) bond motifs is 1. The first-order chi connectivity index (χ1) is 10.1. The van der Waals surface area contributed by atoms with Crippen LogP contribution in [-0.4, -0.2) is 21.2 Å². The van der Waals surface area contributed by atoms with Crippen molar-refractivity contribution in [1.82, 2.24) is 4.98 Å². The molecule has 5 heteroatoms. The number of aromatic carboxylic acids is 1. The maximum atomic E-state index is 11.0. The highest BCUT2D eigenvalue weighted by Gasteiger charge is 2.09. The summed E-state index contributed by atoms with van der Waals surface area (Å²) in [5, 5.41) is 19.5. The van der Waals surface area contributed by atoms with Crippen LogP contribution in [0.3, 0.4) is 0 Å². The number of aromatic amines is 1. The van der Waals surface area contributed by atoms with Crippen LogP contribution < -0.4 is 4.74 Å². The number of phenolic OH excluding ortho intramolecular Hbond substituents is 1. The van der Waals surface area contributed by atoms with Gasteiger partial charge in [-0.3, -0.25) is 0 Å². The van der Waals surface area contributed by atoms with E-state index in [1.807, 2.05) is 0 Å². The minimum absolute atomic E-state index is 0.0727. The molecule has 21 heavy (non-hydrogen) atoms. The monoisotopic (exact) mass is 283 g/mol. The molecule has 0 spiro atoms. The molecule has 1 aromatic heterocycles. The minimum atomic E-state index is -0.967. The molecule has 0 radical (unpaired) electrons. The van der Waals surface area contributed by atoms with Gasteiger partial charge in [0.25, 0.3) is 0 Å². The lowest BCUT2D eigenvalue weighted by atomic mass is 10.1. The summed E-state index contributed by atoms with van der Waals surface area (Å²) in [6, 6.07) is 11.6. The summed E-state index contributed by atoms with van der Waals surface area (Å²) in [5.74, 6) is -0.504. The number of hydrogen-bond acceptors (Lipinski definition) is 3. The molecule has 3 N–H and O–H groups in total. The Labute approximate surface area is 120 Å². The molecule has 3 aromatic rings. The van der Waals surface area contributed by atoms with Gasteiger partial charge in [-0.05, 0) is 30.3 Å². The molecular formula is C16H13NO4. The second-order valence-electron chi connectivity index (χ2n) is 4.64. The third-order valence-corrected chi connectivity index (χ3v) is 3.26. The Bertz CT molecular complexity index is 807. The highest BCUT2D eigenvalue weighted by Crippen LogP contribution is 2.27. The third kappa shape index (κ3) is 2.53. The van der Waals surface area contributed by atoms with Crippen LogP contribution in [0.1, 0.15) is 15.9 Å². The smallest absolute Gasteiger partial charge is 0.335 e. The van der Waals surface area contributed by atoms with Crippen LogP contribution in [0.2, 0.25) is 0 Å². The quantitative estimate of drug-likeness (QED) is 0.687. The number of carboxylic acid groups (broad SMARTS) is 1. The van der Waals surface area contributed by atoms with Gasteiger partial charge in [-0.2, -0.15) is 0 Å². The van der Waals surface area contributed by atoms with Crippen molar-refractivity contribution in [3.05, 3.63) is 59.8 Å². The fourth-order valence-corrected chi connectivity index (χ4v) is 2.17. The van der Waals surface area contributed by atoms with E-state index >= 15 is 0 Å². The lowest BCUT2D eigenvalue weighted by molar-refractivity contribution is 0.0697. The Balaban J connectivity index is 1.89. The predicted octanol–water partition coefficient (Wildman–Crippen LogP) is 3.15. The van der Waals surface area contributed by atoms with Gasteiger partial charge in [-0.1, -0.05) is 12.1 Å². The number of H-pyrrole nitrogens is 1. The number of ether oxygens (including phenoxy) is 1. The highest BCUT2D eigenvalue weighted by molar-refractivity contribution is 5.94. The van der Waals surface area contributed by atoms with Gasteiger partial charge in [0.2, 0.25) is 0 Å². The van der Waals surface area contributed by atoms with Crippen molar-refractivity contribution in [3.8, 4) is 11.5 Å². The highest BCUT2D eigenvalue weighted by atomic mass is 16.5. The number of nitrogens with one attached hydrogen (secondary N) is 1. The average molecular weight is 283 g/mol. The Morgan fingerprint density at radius 3 is 2.76 bits per heavy atom. The molecule has 106 valence electrons. The fraction of sp³-hybridized carbons (Fsp3) is 0.0625. The van der Waals surface area contributed by atoms with Crippen molar-refractivity contribution < 1.29 is 19.7 Å². The summed E-state index contributed by atoms with van der Waals surface area (Å²) < 4.78 is 5.57. The average Bonchev–Trinajstić information content (AvgIpc) is 2.88. The predicted molar refractivity (Wildman–Crippen MR) is 77.7 cm³/mol. The molecule has 0 aliphatic heterocycles. The maximum Gasteiger partial charge on any atom is 0.335 e. The van der Waals surface area contributed by atoms with Crippen LogP contribution >= 0.6 is 0 Å². The zero-order valence-electron chi connectivity index (χ0n) is 11.0. The lowest BCUT2D eigenvalue weighted by Gasteiger charge is -2.07. The van der Waals surface area contributed by atoms with Crippen molar-refractivity contribution in [3.63, 3.8) is 0 Å². The normalized spacial score (nSPS) is 10.7. The van der Waals surface area contributed by atoms with Crippen LogP contribution in [-0.2, 0) is 6.61 Å². The lowest BCUT2D eigenvalue weighted by Crippen LogP contribution is -1.97. The van der Waals surface area contributed by atoms with E-state index in [1.54, 1.807) is 48.7 Å². The van der Waals surface area contributed by atoms with Gasteiger partial charge < -0.3 is 19.9 Å². The van der Waals surface area contributed by atoms with Crippen LogP contribution in [0.25, 0.3) is 10.9 Å². The van der Waals surface area contributed by atoms with Gasteiger partial charge in [0.1, 0.15) is 6.61 Å². The van der Waals surface area contributed by atoms with Crippen molar-refractivity contribution in [2.45, 2.75) is 6.61 Å². The van der Waals surface area contributed by atoms with Crippen molar-refractivity contribution >= 4 is 16.9 Å². The van der Waals surface area contributed by atoms with Crippen molar-refractivity contribution in [2.75, 3.05) is 0 Å². The molecule has 0 fully saturated rings. The Morgan fingerprint density at radius 1 is 1.19 bits per heavy atom. The largest absolute Gasteiger partial charge is 0.504 e. The molecule has 0 bridgehead atoms. The first kappa shape index (κ1) is 13.1. The molecule has 0 unspecified atom stereocenters. The summed E-state index contributed by atoms with van der Waals surface area (Å²) in [5.41, 5.74) is 1.90. The van der Waals surface area contributed by atoms with Crippen LogP contribution in [0.4, 0.5) is 0 Å². The van der Waals surface area contributed by atoms with Gasteiger partial charge in [-0.15, -0.1) is 0 Å². The summed E-state index contributed by atoms with van der Waals surface area (Å²) in [7, 11) is 0. The number of carbonyl (C=O) groups is 1. The van der Waals surface area contributed by atoms with Gasteiger partial charge in [0.15, 0.2) is 11.5 Å². The number of aromatic nitrogens is 1. The van der Waals surface area contributed by atoms with E-state index in [0.29, 0.717) is 5.75 Å². The summed E-state index contributed by atoms with van der Waals surface area (Å²) in [6.45, 7) is 0.237. The molecule has 0 saturated carbocycles. The number of benzene rings is 2. The second kappa shape index (κ2) is 5.20. The van der Waals surface area contributed by atoms with E-state index in [1.165, 1.54) is 0 Å². The van der Waals surface area contributed by atoms with E-state index in [0.717, 1.165) is 16.5 Å². The number of para-hydroxylation sites is 2. The molecule has 0 saturated heterocycles. The summed E-state index contributed by atoms with van der Waals surface area (Å²) >= 11 is 0. The SMILES string of the molecule is O=C(O)c1ccc2[nH]cc(COc3ccccc3O)c2c1. The number of hydrogen-bond donors (Lipinski definition) is 3. The van der Waals surface area contributed by atoms with E-state index in [9.17, 15) is 9.90 Å². The molecule has 0 aliphatic carbocycles. The standard InChI is InChI=1S/C16H13NO4/c18-14-3-1-2-4-15(14)21-9-11-8-17-13-6-5-10(16(19)20)7-12(11)13/h1-8,17-18H,9H2,(H,19,20). The first-order valence-corrected chi connectivity index (χ1v) is 6.39. The van der Waals surface area contributed by atoms with E-state index < -0.39 is 5.97 Å². The van der Waals surface area contributed by atoms with Gasteiger partial charge in [0, 0.05) is 22.7 Å². The first-order valence-electron chi connectivity index (χ1n) is 6.39. The van der Waals surface area contributed by atoms with Gasteiger partial charge in [0.05, 0.1) is 5.56 Å². The molecule has 2 aromatic carbocycles. The zero-order chi connectivity index (χ0) is 14.8. The molecule has 3 rings (SSSR count). The molecule has 0 amide bonds. The zero-order valence-corrected chi connectivity index (χ0v) is 11.0. The number of aromatic hydroxyl groups is 1. The summed E-state index contributed by atoms with van der Waals surface area (Å²) in [4.78, 5) is 14.1. The number of carboxylic acids is 1.